The maximum Gasteiger partial charge on any atom is 0.224 e. The van der Waals surface area contributed by atoms with Crippen LogP contribution in [0.25, 0.3) is 0 Å². The van der Waals surface area contributed by atoms with E-state index < -0.39 is 0 Å². The van der Waals surface area contributed by atoms with Gasteiger partial charge in [-0.05, 0) is 69.2 Å². The molecule has 1 N–H and O–H groups in total. The summed E-state index contributed by atoms with van der Waals surface area (Å²) in [6.45, 7) is 7.34. The highest BCUT2D eigenvalue weighted by molar-refractivity contribution is 5.77. The van der Waals surface area contributed by atoms with Crippen molar-refractivity contribution < 1.29 is 4.79 Å². The summed E-state index contributed by atoms with van der Waals surface area (Å²) >= 11 is 0. The molecule has 1 aromatic rings. The van der Waals surface area contributed by atoms with Gasteiger partial charge in [0.1, 0.15) is 0 Å². The number of hydrogen-bond acceptors (Lipinski definition) is 3. The molecule has 1 unspecified atom stereocenters. The van der Waals surface area contributed by atoms with Gasteiger partial charge in [0, 0.05) is 37.8 Å². The first-order valence-electron chi connectivity index (χ1n) is 10.1. The number of para-hydroxylation sites is 1. The number of aryl methyl sites for hydroxylation is 1. The molecule has 3 atom stereocenters. The summed E-state index contributed by atoms with van der Waals surface area (Å²) in [7, 11) is 0. The number of carbonyl (C=O) groups is 1. The standard InChI is InChI=1S/C21H31N3O/c1-16-6-7-17-4-2-3-5-20(17)24(16)13-10-21(25)23-11-8-18-14-22-15-19(18)9-12-23/h2-5,16,18-19,22H,6-15H2,1H3/t16?,18-,19+. The number of benzene rings is 1. The monoisotopic (exact) mass is 341 g/mol. The van der Waals surface area contributed by atoms with Gasteiger partial charge in [0.05, 0.1) is 0 Å². The molecule has 3 aliphatic heterocycles. The summed E-state index contributed by atoms with van der Waals surface area (Å²) in [5.41, 5.74) is 2.77. The Labute approximate surface area is 151 Å². The second-order valence-corrected chi connectivity index (χ2v) is 8.10. The SMILES string of the molecule is CC1CCc2ccccc2N1CCC(=O)N1CC[C@@H]2CNC[C@@H]2CC1. The molecule has 3 aliphatic rings. The molecule has 0 saturated carbocycles. The van der Waals surface area contributed by atoms with Crippen molar-refractivity contribution in [3.8, 4) is 0 Å². The predicted octanol–water partition coefficient (Wildman–Crippen LogP) is 2.68. The molecule has 0 radical (unpaired) electrons. The van der Waals surface area contributed by atoms with E-state index in [0.29, 0.717) is 18.4 Å². The van der Waals surface area contributed by atoms with Gasteiger partial charge in [-0.3, -0.25) is 4.79 Å². The van der Waals surface area contributed by atoms with Crippen molar-refractivity contribution >= 4 is 11.6 Å². The molecule has 3 heterocycles. The number of anilines is 1. The molecule has 0 aromatic heterocycles. The van der Waals surface area contributed by atoms with Crippen LogP contribution in [0.5, 0.6) is 0 Å². The van der Waals surface area contributed by atoms with Gasteiger partial charge >= 0.3 is 0 Å². The number of amides is 1. The van der Waals surface area contributed by atoms with E-state index >= 15 is 0 Å². The molecule has 136 valence electrons. The summed E-state index contributed by atoms with van der Waals surface area (Å²) in [6, 6.07) is 9.22. The van der Waals surface area contributed by atoms with Crippen molar-refractivity contribution in [3.63, 3.8) is 0 Å². The van der Waals surface area contributed by atoms with E-state index in [1.54, 1.807) is 0 Å². The maximum absolute atomic E-state index is 12.8. The summed E-state index contributed by atoms with van der Waals surface area (Å²) < 4.78 is 0. The summed E-state index contributed by atoms with van der Waals surface area (Å²) in [5, 5.41) is 3.51. The highest BCUT2D eigenvalue weighted by atomic mass is 16.2. The van der Waals surface area contributed by atoms with Crippen molar-refractivity contribution in [2.45, 2.75) is 45.1 Å². The van der Waals surface area contributed by atoms with Gasteiger partial charge in [0.2, 0.25) is 5.91 Å². The van der Waals surface area contributed by atoms with Gasteiger partial charge in [-0.25, -0.2) is 0 Å². The minimum absolute atomic E-state index is 0.350. The topological polar surface area (TPSA) is 35.6 Å². The van der Waals surface area contributed by atoms with Crippen LogP contribution in [0.1, 0.15) is 38.2 Å². The summed E-state index contributed by atoms with van der Waals surface area (Å²) in [4.78, 5) is 17.4. The molecule has 25 heavy (non-hydrogen) atoms. The number of nitrogens with one attached hydrogen (secondary N) is 1. The first-order chi connectivity index (χ1) is 12.2. The second-order valence-electron chi connectivity index (χ2n) is 8.10. The van der Waals surface area contributed by atoms with Crippen LogP contribution < -0.4 is 10.2 Å². The van der Waals surface area contributed by atoms with Crippen molar-refractivity contribution in [1.82, 2.24) is 10.2 Å². The number of carbonyl (C=O) groups excluding carboxylic acids is 1. The van der Waals surface area contributed by atoms with E-state index in [1.165, 1.54) is 30.5 Å². The van der Waals surface area contributed by atoms with Crippen molar-refractivity contribution in [2.24, 2.45) is 11.8 Å². The van der Waals surface area contributed by atoms with Gasteiger partial charge in [-0.1, -0.05) is 18.2 Å². The lowest BCUT2D eigenvalue weighted by atomic mass is 9.92. The smallest absolute Gasteiger partial charge is 0.224 e. The Morgan fingerprint density at radius 1 is 1.12 bits per heavy atom. The lowest BCUT2D eigenvalue weighted by Crippen LogP contribution is -2.41. The van der Waals surface area contributed by atoms with Crippen LogP contribution in [-0.4, -0.2) is 49.6 Å². The molecular formula is C21H31N3O. The lowest BCUT2D eigenvalue weighted by molar-refractivity contribution is -0.131. The van der Waals surface area contributed by atoms with Gasteiger partial charge in [0.15, 0.2) is 0 Å². The third-order valence-electron chi connectivity index (χ3n) is 6.60. The number of hydrogen-bond donors (Lipinski definition) is 1. The van der Waals surface area contributed by atoms with E-state index in [1.807, 2.05) is 0 Å². The summed E-state index contributed by atoms with van der Waals surface area (Å²) in [6.07, 6.45) is 5.33. The van der Waals surface area contributed by atoms with Crippen LogP contribution in [0, 0.1) is 11.8 Å². The van der Waals surface area contributed by atoms with Crippen molar-refractivity contribution in [3.05, 3.63) is 29.8 Å². The molecule has 4 heteroatoms. The molecule has 4 nitrogen and oxygen atoms in total. The molecule has 0 spiro atoms. The predicted molar refractivity (Wildman–Crippen MR) is 102 cm³/mol. The number of fused-ring (bicyclic) bond motifs is 2. The molecule has 1 amide bonds. The fourth-order valence-electron chi connectivity index (χ4n) is 4.94. The molecule has 2 fully saturated rings. The van der Waals surface area contributed by atoms with Gasteiger partial charge in [0.25, 0.3) is 0 Å². The highest BCUT2D eigenvalue weighted by Crippen LogP contribution is 2.31. The Kier molecular flexibility index (Phi) is 4.98. The Morgan fingerprint density at radius 3 is 2.60 bits per heavy atom. The molecular weight excluding hydrogens is 310 g/mol. The zero-order valence-electron chi connectivity index (χ0n) is 15.4. The van der Waals surface area contributed by atoms with E-state index in [9.17, 15) is 4.79 Å². The third kappa shape index (κ3) is 3.55. The number of rotatable bonds is 3. The van der Waals surface area contributed by atoms with Crippen molar-refractivity contribution in [1.29, 1.82) is 0 Å². The molecule has 0 aliphatic carbocycles. The van der Waals surface area contributed by atoms with E-state index in [2.05, 4.69) is 46.3 Å². The molecule has 4 rings (SSSR count). The van der Waals surface area contributed by atoms with Crippen LogP contribution in [0.3, 0.4) is 0 Å². The lowest BCUT2D eigenvalue weighted by Gasteiger charge is -2.37. The van der Waals surface area contributed by atoms with Crippen LogP contribution in [-0.2, 0) is 11.2 Å². The van der Waals surface area contributed by atoms with Crippen LogP contribution in [0.15, 0.2) is 24.3 Å². The average Bonchev–Trinajstić information content (AvgIpc) is 2.99. The first-order valence-corrected chi connectivity index (χ1v) is 10.1. The molecule has 1 aromatic carbocycles. The minimum atomic E-state index is 0.350. The van der Waals surface area contributed by atoms with Crippen LogP contribution >= 0.6 is 0 Å². The fourth-order valence-corrected chi connectivity index (χ4v) is 4.94. The maximum atomic E-state index is 12.8. The zero-order valence-corrected chi connectivity index (χ0v) is 15.4. The van der Waals surface area contributed by atoms with E-state index in [-0.39, 0.29) is 0 Å². The third-order valence-corrected chi connectivity index (χ3v) is 6.60. The number of likely N-dealkylation sites (tertiary alicyclic amines) is 1. The van der Waals surface area contributed by atoms with Gasteiger partial charge < -0.3 is 15.1 Å². The fraction of sp³-hybridized carbons (Fsp3) is 0.667. The Hall–Kier alpha value is -1.55. The quantitative estimate of drug-likeness (QED) is 0.918. The zero-order chi connectivity index (χ0) is 17.2. The van der Waals surface area contributed by atoms with Crippen LogP contribution in [0.2, 0.25) is 0 Å². The largest absolute Gasteiger partial charge is 0.368 e. The van der Waals surface area contributed by atoms with Gasteiger partial charge in [-0.2, -0.15) is 0 Å². The van der Waals surface area contributed by atoms with E-state index in [0.717, 1.165) is 51.0 Å². The normalized spacial score (nSPS) is 29.1. The van der Waals surface area contributed by atoms with E-state index in [4.69, 9.17) is 0 Å². The Morgan fingerprint density at radius 2 is 1.84 bits per heavy atom. The minimum Gasteiger partial charge on any atom is -0.368 e. The Balaban J connectivity index is 1.36. The van der Waals surface area contributed by atoms with Gasteiger partial charge in [-0.15, -0.1) is 0 Å². The average molecular weight is 341 g/mol. The van der Waals surface area contributed by atoms with Crippen molar-refractivity contribution in [2.75, 3.05) is 37.6 Å². The highest BCUT2D eigenvalue weighted by Gasteiger charge is 2.31. The molecule has 2 saturated heterocycles. The first kappa shape index (κ1) is 16.9. The molecule has 0 bridgehead atoms. The summed E-state index contributed by atoms with van der Waals surface area (Å²) in [5.74, 6) is 1.92. The Bertz CT molecular complexity index is 603. The number of nitrogens with zero attached hydrogens (tertiary/aromatic N) is 2. The second kappa shape index (κ2) is 7.36. The van der Waals surface area contributed by atoms with Crippen LogP contribution in [0.4, 0.5) is 5.69 Å².